The molecule has 2 atom stereocenters. The number of alkyl halides is 1. The summed E-state index contributed by atoms with van der Waals surface area (Å²) in [6.45, 7) is 3.17. The van der Waals surface area contributed by atoms with Gasteiger partial charge in [-0.05, 0) is 19.3 Å². The zero-order valence-corrected chi connectivity index (χ0v) is 10.8. The van der Waals surface area contributed by atoms with Gasteiger partial charge < -0.3 is 0 Å². The maximum Gasteiger partial charge on any atom is 0.138 e. The van der Waals surface area contributed by atoms with E-state index in [4.69, 9.17) is 0 Å². The van der Waals surface area contributed by atoms with Gasteiger partial charge in [-0.2, -0.15) is 5.10 Å². The van der Waals surface area contributed by atoms with E-state index >= 15 is 0 Å². The molecule has 0 N–H and O–H groups in total. The van der Waals surface area contributed by atoms with E-state index < -0.39 is 0 Å². The lowest BCUT2D eigenvalue weighted by Crippen LogP contribution is -2.21. The summed E-state index contributed by atoms with van der Waals surface area (Å²) in [6, 6.07) is 0. The van der Waals surface area contributed by atoms with Crippen molar-refractivity contribution in [2.75, 3.05) is 0 Å². The third-order valence-corrected chi connectivity index (χ3v) is 4.19. The van der Waals surface area contributed by atoms with Crippen LogP contribution in [0.25, 0.3) is 0 Å². The summed E-state index contributed by atoms with van der Waals surface area (Å²) < 4.78 is 2.07. The van der Waals surface area contributed by atoms with Gasteiger partial charge >= 0.3 is 0 Å². The van der Waals surface area contributed by atoms with Gasteiger partial charge in [-0.15, -0.1) is 0 Å². The third kappa shape index (κ3) is 2.41. The van der Waals surface area contributed by atoms with Crippen LogP contribution in [0.15, 0.2) is 6.33 Å². The molecule has 0 aliphatic heterocycles. The molecule has 3 nitrogen and oxygen atoms in total. The standard InChI is InChI=1S/C11H18BrN3/c1-2-7-15-11(13-8-14-15)9-5-3-4-6-10(9)12/h8-10H,2-7H2,1H3. The molecule has 0 amide bonds. The summed E-state index contributed by atoms with van der Waals surface area (Å²) in [5.41, 5.74) is 0. The number of aryl methyl sites for hydroxylation is 1. The molecular weight excluding hydrogens is 254 g/mol. The minimum Gasteiger partial charge on any atom is -0.250 e. The predicted octanol–water partition coefficient (Wildman–Crippen LogP) is 3.11. The fourth-order valence-corrected chi connectivity index (χ4v) is 3.15. The molecule has 4 heteroatoms. The Balaban J connectivity index is 2.15. The number of rotatable bonds is 3. The maximum absolute atomic E-state index is 4.43. The molecule has 1 saturated carbocycles. The average Bonchev–Trinajstić information content (AvgIpc) is 2.67. The first-order valence-electron chi connectivity index (χ1n) is 5.84. The highest BCUT2D eigenvalue weighted by molar-refractivity contribution is 9.09. The van der Waals surface area contributed by atoms with Crippen LogP contribution in [0.4, 0.5) is 0 Å². The van der Waals surface area contributed by atoms with E-state index in [0.29, 0.717) is 10.7 Å². The lowest BCUT2D eigenvalue weighted by atomic mass is 9.88. The summed E-state index contributed by atoms with van der Waals surface area (Å²) in [6.07, 6.45) is 8.00. The first-order valence-corrected chi connectivity index (χ1v) is 6.76. The van der Waals surface area contributed by atoms with Crippen molar-refractivity contribution in [1.82, 2.24) is 14.8 Å². The van der Waals surface area contributed by atoms with Gasteiger partial charge in [-0.25, -0.2) is 9.67 Å². The number of hydrogen-bond acceptors (Lipinski definition) is 2. The molecule has 1 aliphatic carbocycles. The van der Waals surface area contributed by atoms with Gasteiger partial charge in [0.2, 0.25) is 0 Å². The van der Waals surface area contributed by atoms with E-state index in [0.717, 1.165) is 13.0 Å². The topological polar surface area (TPSA) is 30.7 Å². The molecule has 1 fully saturated rings. The summed E-state index contributed by atoms with van der Waals surface area (Å²) in [5, 5.41) is 4.30. The van der Waals surface area contributed by atoms with E-state index in [1.54, 1.807) is 6.33 Å². The van der Waals surface area contributed by atoms with Crippen molar-refractivity contribution in [1.29, 1.82) is 0 Å². The molecule has 1 aromatic rings. The second-order valence-corrected chi connectivity index (χ2v) is 5.42. The minimum atomic E-state index is 0.563. The maximum atomic E-state index is 4.43. The van der Waals surface area contributed by atoms with Crippen LogP contribution < -0.4 is 0 Å². The van der Waals surface area contributed by atoms with Crippen LogP contribution in [-0.4, -0.2) is 19.6 Å². The van der Waals surface area contributed by atoms with Gasteiger partial charge in [0, 0.05) is 17.3 Å². The Kier molecular flexibility index (Phi) is 3.78. The highest BCUT2D eigenvalue weighted by atomic mass is 79.9. The molecule has 1 aliphatic rings. The van der Waals surface area contributed by atoms with Crippen LogP contribution in [0.3, 0.4) is 0 Å². The zero-order valence-electron chi connectivity index (χ0n) is 9.19. The fourth-order valence-electron chi connectivity index (χ4n) is 2.32. The molecule has 1 aromatic heterocycles. The normalized spacial score (nSPS) is 26.8. The van der Waals surface area contributed by atoms with Crippen LogP contribution in [0.1, 0.15) is 50.8 Å². The molecule has 2 rings (SSSR count). The Bertz CT molecular complexity index is 311. The average molecular weight is 272 g/mol. The molecule has 0 saturated heterocycles. The molecule has 1 heterocycles. The van der Waals surface area contributed by atoms with Crippen LogP contribution in [0, 0.1) is 0 Å². The number of aromatic nitrogens is 3. The zero-order chi connectivity index (χ0) is 10.7. The van der Waals surface area contributed by atoms with Crippen molar-refractivity contribution >= 4 is 15.9 Å². The van der Waals surface area contributed by atoms with Gasteiger partial charge in [0.05, 0.1) is 0 Å². The van der Waals surface area contributed by atoms with Crippen molar-refractivity contribution in [2.45, 2.75) is 56.3 Å². The monoisotopic (exact) mass is 271 g/mol. The molecule has 2 unspecified atom stereocenters. The lowest BCUT2D eigenvalue weighted by molar-refractivity contribution is 0.420. The number of hydrogen-bond donors (Lipinski definition) is 0. The Hall–Kier alpha value is -0.380. The Morgan fingerprint density at radius 3 is 3.00 bits per heavy atom. The van der Waals surface area contributed by atoms with Gasteiger partial charge in [-0.1, -0.05) is 35.7 Å². The summed E-state index contributed by atoms with van der Waals surface area (Å²) in [5.74, 6) is 1.74. The quantitative estimate of drug-likeness (QED) is 0.791. The van der Waals surface area contributed by atoms with E-state index in [2.05, 4.69) is 37.6 Å². The smallest absolute Gasteiger partial charge is 0.138 e. The highest BCUT2D eigenvalue weighted by Crippen LogP contribution is 2.36. The van der Waals surface area contributed by atoms with Gasteiger partial charge in [-0.3, -0.25) is 0 Å². The SMILES string of the molecule is CCCn1ncnc1C1CCCCC1Br. The molecule has 84 valence electrons. The van der Waals surface area contributed by atoms with Crippen LogP contribution in [0.5, 0.6) is 0 Å². The minimum absolute atomic E-state index is 0.563. The second kappa shape index (κ2) is 5.10. The first kappa shape index (κ1) is 11.1. The van der Waals surface area contributed by atoms with Crippen molar-refractivity contribution in [3.05, 3.63) is 12.2 Å². The molecule has 0 aromatic carbocycles. The molecular formula is C11H18BrN3. The van der Waals surface area contributed by atoms with Crippen molar-refractivity contribution in [2.24, 2.45) is 0 Å². The molecule has 0 radical (unpaired) electrons. The van der Waals surface area contributed by atoms with Crippen LogP contribution in [-0.2, 0) is 6.54 Å². The van der Waals surface area contributed by atoms with Gasteiger partial charge in [0.1, 0.15) is 12.2 Å². The molecule has 0 bridgehead atoms. The first-order chi connectivity index (χ1) is 7.33. The largest absolute Gasteiger partial charge is 0.250 e. The molecule has 15 heavy (non-hydrogen) atoms. The van der Waals surface area contributed by atoms with E-state index in [1.807, 2.05) is 0 Å². The van der Waals surface area contributed by atoms with E-state index in [-0.39, 0.29) is 0 Å². The number of nitrogens with zero attached hydrogens (tertiary/aromatic N) is 3. The fraction of sp³-hybridized carbons (Fsp3) is 0.818. The third-order valence-electron chi connectivity index (χ3n) is 3.09. The van der Waals surface area contributed by atoms with Crippen LogP contribution in [0.2, 0.25) is 0 Å². The van der Waals surface area contributed by atoms with Crippen molar-refractivity contribution in [3.8, 4) is 0 Å². The Morgan fingerprint density at radius 2 is 2.27 bits per heavy atom. The van der Waals surface area contributed by atoms with Crippen LogP contribution >= 0.6 is 15.9 Å². The summed E-state index contributed by atoms with van der Waals surface area (Å²) in [4.78, 5) is 5.02. The van der Waals surface area contributed by atoms with Gasteiger partial charge in [0.15, 0.2) is 0 Å². The van der Waals surface area contributed by atoms with E-state index in [1.165, 1.54) is 31.5 Å². The van der Waals surface area contributed by atoms with Gasteiger partial charge in [0.25, 0.3) is 0 Å². The summed E-state index contributed by atoms with van der Waals surface area (Å²) >= 11 is 3.78. The summed E-state index contributed by atoms with van der Waals surface area (Å²) in [7, 11) is 0. The van der Waals surface area contributed by atoms with E-state index in [9.17, 15) is 0 Å². The Labute approximate surface area is 99.4 Å². The second-order valence-electron chi connectivity index (χ2n) is 4.25. The number of halogens is 1. The van der Waals surface area contributed by atoms with Crippen molar-refractivity contribution in [3.63, 3.8) is 0 Å². The predicted molar refractivity (Wildman–Crippen MR) is 64.2 cm³/mol. The highest BCUT2D eigenvalue weighted by Gasteiger charge is 2.27. The lowest BCUT2D eigenvalue weighted by Gasteiger charge is -2.26. The van der Waals surface area contributed by atoms with Crippen molar-refractivity contribution < 1.29 is 0 Å². The molecule has 0 spiro atoms. The Morgan fingerprint density at radius 1 is 1.47 bits per heavy atom.